The SMILES string of the molecule is CC(C)(C)OC(=O)N1CCC(Oc2cc(N)cc(C(F)(F)F)n2)C1. The smallest absolute Gasteiger partial charge is 0.433 e. The van der Waals surface area contributed by atoms with Gasteiger partial charge in [0.05, 0.1) is 6.54 Å². The molecule has 1 fully saturated rings. The standard InChI is InChI=1S/C15H20F3N3O3/c1-14(2,3)24-13(22)21-5-4-10(8-21)23-12-7-9(19)6-11(20-12)15(16,17)18/h6-7,10H,4-5,8H2,1-3H3,(H2,19,20). The van der Waals surface area contributed by atoms with Crippen LogP contribution in [0.3, 0.4) is 0 Å². The van der Waals surface area contributed by atoms with Gasteiger partial charge in [-0.2, -0.15) is 13.2 Å². The van der Waals surface area contributed by atoms with Gasteiger partial charge in [0, 0.05) is 24.7 Å². The van der Waals surface area contributed by atoms with Crippen LogP contribution >= 0.6 is 0 Å². The van der Waals surface area contributed by atoms with Crippen molar-refractivity contribution in [2.75, 3.05) is 18.8 Å². The third-order valence-electron chi connectivity index (χ3n) is 3.20. The molecule has 134 valence electrons. The Balaban J connectivity index is 2.01. The van der Waals surface area contributed by atoms with Gasteiger partial charge in [-0.1, -0.05) is 0 Å². The van der Waals surface area contributed by atoms with Gasteiger partial charge in [-0.05, 0) is 26.8 Å². The van der Waals surface area contributed by atoms with Crippen LogP contribution in [0.1, 0.15) is 32.9 Å². The molecule has 2 N–H and O–H groups in total. The minimum atomic E-state index is -4.61. The van der Waals surface area contributed by atoms with Crippen molar-refractivity contribution in [1.82, 2.24) is 9.88 Å². The maximum absolute atomic E-state index is 12.7. The van der Waals surface area contributed by atoms with Gasteiger partial charge in [0.2, 0.25) is 5.88 Å². The molecule has 1 unspecified atom stereocenters. The van der Waals surface area contributed by atoms with Crippen LogP contribution in [-0.4, -0.2) is 40.8 Å². The van der Waals surface area contributed by atoms with Gasteiger partial charge >= 0.3 is 12.3 Å². The Labute approximate surface area is 137 Å². The lowest BCUT2D eigenvalue weighted by Gasteiger charge is -2.24. The van der Waals surface area contributed by atoms with Crippen molar-refractivity contribution >= 4 is 11.8 Å². The van der Waals surface area contributed by atoms with E-state index in [-0.39, 0.29) is 18.1 Å². The maximum atomic E-state index is 12.7. The van der Waals surface area contributed by atoms with Crippen LogP contribution in [0.5, 0.6) is 5.88 Å². The van der Waals surface area contributed by atoms with Crippen LogP contribution < -0.4 is 10.5 Å². The molecule has 6 nitrogen and oxygen atoms in total. The number of ether oxygens (including phenoxy) is 2. The summed E-state index contributed by atoms with van der Waals surface area (Å²) in [6.07, 6.45) is -5.08. The van der Waals surface area contributed by atoms with E-state index in [2.05, 4.69) is 4.98 Å². The van der Waals surface area contributed by atoms with Crippen LogP contribution in [0.2, 0.25) is 0 Å². The molecule has 1 atom stereocenters. The molecule has 1 aromatic rings. The molecule has 9 heteroatoms. The Kier molecular flexibility index (Phi) is 4.82. The summed E-state index contributed by atoms with van der Waals surface area (Å²) in [7, 11) is 0. The molecule has 1 aromatic heterocycles. The molecule has 1 amide bonds. The summed E-state index contributed by atoms with van der Waals surface area (Å²) in [5.74, 6) is -0.210. The second-order valence-electron chi connectivity index (χ2n) is 6.58. The zero-order valence-corrected chi connectivity index (χ0v) is 13.7. The van der Waals surface area contributed by atoms with E-state index < -0.39 is 29.7 Å². The van der Waals surface area contributed by atoms with Crippen molar-refractivity contribution in [2.45, 2.75) is 45.1 Å². The number of hydrogen-bond donors (Lipinski definition) is 1. The van der Waals surface area contributed by atoms with Crippen molar-refractivity contribution in [1.29, 1.82) is 0 Å². The van der Waals surface area contributed by atoms with E-state index in [0.717, 1.165) is 6.07 Å². The normalized spacial score (nSPS) is 18.6. The molecule has 0 aliphatic carbocycles. The van der Waals surface area contributed by atoms with Crippen LogP contribution in [0.15, 0.2) is 12.1 Å². The molecular weight excluding hydrogens is 327 g/mol. The Morgan fingerprint density at radius 3 is 2.58 bits per heavy atom. The predicted octanol–water partition coefficient (Wildman–Crippen LogP) is 3.07. The summed E-state index contributed by atoms with van der Waals surface area (Å²) >= 11 is 0. The third-order valence-corrected chi connectivity index (χ3v) is 3.20. The number of rotatable bonds is 2. The third kappa shape index (κ3) is 4.90. The lowest BCUT2D eigenvalue weighted by molar-refractivity contribution is -0.141. The fourth-order valence-corrected chi connectivity index (χ4v) is 2.22. The molecule has 24 heavy (non-hydrogen) atoms. The van der Waals surface area contributed by atoms with Gasteiger partial charge in [0.1, 0.15) is 11.7 Å². The minimum Gasteiger partial charge on any atom is -0.472 e. The van der Waals surface area contributed by atoms with Gasteiger partial charge in [-0.25, -0.2) is 9.78 Å². The van der Waals surface area contributed by atoms with Gasteiger partial charge in [-0.3, -0.25) is 0 Å². The predicted molar refractivity (Wildman–Crippen MR) is 80.5 cm³/mol. The number of nitrogen functional groups attached to an aromatic ring is 1. The van der Waals surface area contributed by atoms with Gasteiger partial charge in [0.25, 0.3) is 0 Å². The number of pyridine rings is 1. The lowest BCUT2D eigenvalue weighted by Crippen LogP contribution is -2.36. The number of hydrogen-bond acceptors (Lipinski definition) is 5. The van der Waals surface area contributed by atoms with E-state index in [1.807, 2.05) is 0 Å². The van der Waals surface area contributed by atoms with Crippen LogP contribution in [0.25, 0.3) is 0 Å². The maximum Gasteiger partial charge on any atom is 0.433 e. The van der Waals surface area contributed by atoms with Crippen LogP contribution in [0, 0.1) is 0 Å². The van der Waals surface area contributed by atoms with E-state index in [1.165, 1.54) is 11.0 Å². The van der Waals surface area contributed by atoms with Crippen molar-refractivity contribution in [3.63, 3.8) is 0 Å². The van der Waals surface area contributed by atoms with E-state index in [0.29, 0.717) is 13.0 Å². The fraction of sp³-hybridized carbons (Fsp3) is 0.600. The summed E-state index contributed by atoms with van der Waals surface area (Å²) in [6.45, 7) is 5.87. The van der Waals surface area contributed by atoms with E-state index >= 15 is 0 Å². The highest BCUT2D eigenvalue weighted by molar-refractivity contribution is 5.68. The summed E-state index contributed by atoms with van der Waals surface area (Å²) < 4.78 is 48.9. The Bertz CT molecular complexity index is 614. The average molecular weight is 347 g/mol. The number of anilines is 1. The first-order chi connectivity index (χ1) is 10.9. The minimum absolute atomic E-state index is 0.0886. The van der Waals surface area contributed by atoms with E-state index in [9.17, 15) is 18.0 Å². The molecule has 2 rings (SSSR count). The first-order valence-corrected chi connectivity index (χ1v) is 7.43. The summed E-state index contributed by atoms with van der Waals surface area (Å²) in [5, 5.41) is 0. The number of aromatic nitrogens is 1. The van der Waals surface area contributed by atoms with Crippen molar-refractivity contribution < 1.29 is 27.4 Å². The Morgan fingerprint density at radius 1 is 1.33 bits per heavy atom. The molecule has 0 bridgehead atoms. The van der Waals surface area contributed by atoms with Crippen molar-refractivity contribution in [3.05, 3.63) is 17.8 Å². The average Bonchev–Trinajstić information content (AvgIpc) is 2.83. The molecule has 1 saturated heterocycles. The molecule has 0 spiro atoms. The number of halogens is 3. The van der Waals surface area contributed by atoms with E-state index in [1.54, 1.807) is 20.8 Å². The zero-order chi connectivity index (χ0) is 18.1. The molecule has 0 radical (unpaired) electrons. The highest BCUT2D eigenvalue weighted by atomic mass is 19.4. The summed E-state index contributed by atoms with van der Waals surface area (Å²) in [5.41, 5.74) is 3.65. The number of carbonyl (C=O) groups is 1. The second-order valence-corrected chi connectivity index (χ2v) is 6.58. The number of nitrogens with two attached hydrogens (primary N) is 1. The van der Waals surface area contributed by atoms with Gasteiger partial charge < -0.3 is 20.1 Å². The molecule has 1 aliphatic rings. The number of nitrogens with zero attached hydrogens (tertiary/aromatic N) is 2. The summed E-state index contributed by atoms with van der Waals surface area (Å²) in [6, 6.07) is 1.97. The van der Waals surface area contributed by atoms with Crippen molar-refractivity contribution in [3.8, 4) is 5.88 Å². The quantitative estimate of drug-likeness (QED) is 0.890. The first kappa shape index (κ1) is 18.2. The molecule has 2 heterocycles. The van der Waals surface area contributed by atoms with E-state index in [4.69, 9.17) is 15.2 Å². The highest BCUT2D eigenvalue weighted by Crippen LogP contribution is 2.31. The largest absolute Gasteiger partial charge is 0.472 e. The zero-order valence-electron chi connectivity index (χ0n) is 13.7. The molecular formula is C15H20F3N3O3. The monoisotopic (exact) mass is 347 g/mol. The van der Waals surface area contributed by atoms with Gasteiger partial charge in [-0.15, -0.1) is 0 Å². The summed E-state index contributed by atoms with van der Waals surface area (Å²) in [4.78, 5) is 16.8. The molecule has 0 aromatic carbocycles. The highest BCUT2D eigenvalue weighted by Gasteiger charge is 2.35. The topological polar surface area (TPSA) is 77.7 Å². The first-order valence-electron chi connectivity index (χ1n) is 7.43. The lowest BCUT2D eigenvalue weighted by atomic mass is 10.2. The van der Waals surface area contributed by atoms with Crippen LogP contribution in [0.4, 0.5) is 23.7 Å². The Hall–Kier alpha value is -2.19. The number of carbonyl (C=O) groups excluding carboxylic acids is 1. The Morgan fingerprint density at radius 2 is 2.00 bits per heavy atom. The van der Waals surface area contributed by atoms with Gasteiger partial charge in [0.15, 0.2) is 5.69 Å². The second kappa shape index (κ2) is 6.37. The molecule has 1 aliphatic heterocycles. The van der Waals surface area contributed by atoms with Crippen molar-refractivity contribution in [2.24, 2.45) is 0 Å². The molecule has 0 saturated carbocycles. The van der Waals surface area contributed by atoms with Crippen LogP contribution in [-0.2, 0) is 10.9 Å². The number of alkyl halides is 3. The fourth-order valence-electron chi connectivity index (χ4n) is 2.22. The number of amides is 1. The number of likely N-dealkylation sites (tertiary alicyclic amines) is 1.